The van der Waals surface area contributed by atoms with E-state index in [0.717, 1.165) is 48.6 Å². The van der Waals surface area contributed by atoms with Gasteiger partial charge in [-0.05, 0) is 35.9 Å². The molecule has 1 aliphatic heterocycles. The SMILES string of the molecule is NS(=O)(=O)c1cncc(-c2ccc3ncc(N4CCN(c5ccccc5)CC4)nc3c2)c1. The zero-order chi connectivity index (χ0) is 22.1. The lowest BCUT2D eigenvalue weighted by molar-refractivity contribution is 0.597. The van der Waals surface area contributed by atoms with E-state index in [1.54, 1.807) is 6.20 Å². The smallest absolute Gasteiger partial charge is 0.239 e. The van der Waals surface area contributed by atoms with Gasteiger partial charge in [0.05, 0.1) is 17.2 Å². The average molecular weight is 447 g/mol. The Kier molecular flexibility index (Phi) is 5.20. The van der Waals surface area contributed by atoms with Gasteiger partial charge in [0, 0.05) is 49.8 Å². The number of primary sulfonamides is 1. The second-order valence-corrected chi connectivity index (χ2v) is 9.26. The van der Waals surface area contributed by atoms with Crippen molar-refractivity contribution in [2.24, 2.45) is 5.14 Å². The Balaban J connectivity index is 1.40. The first-order valence-electron chi connectivity index (χ1n) is 10.3. The molecule has 4 aromatic rings. The summed E-state index contributed by atoms with van der Waals surface area (Å²) in [6.45, 7) is 3.54. The maximum absolute atomic E-state index is 11.7. The normalized spacial score (nSPS) is 14.7. The molecule has 0 atom stereocenters. The van der Waals surface area contributed by atoms with Crippen molar-refractivity contribution in [2.75, 3.05) is 36.0 Å². The molecular weight excluding hydrogens is 424 g/mol. The van der Waals surface area contributed by atoms with Crippen molar-refractivity contribution in [2.45, 2.75) is 4.90 Å². The van der Waals surface area contributed by atoms with Gasteiger partial charge in [-0.1, -0.05) is 24.3 Å². The molecule has 0 aliphatic carbocycles. The van der Waals surface area contributed by atoms with E-state index >= 15 is 0 Å². The van der Waals surface area contributed by atoms with Crippen molar-refractivity contribution in [3.63, 3.8) is 0 Å². The van der Waals surface area contributed by atoms with Gasteiger partial charge < -0.3 is 9.80 Å². The molecule has 0 bridgehead atoms. The zero-order valence-electron chi connectivity index (χ0n) is 17.3. The molecule has 8 nitrogen and oxygen atoms in total. The highest BCUT2D eigenvalue weighted by molar-refractivity contribution is 7.89. The third-order valence-electron chi connectivity index (χ3n) is 5.63. The minimum Gasteiger partial charge on any atom is -0.368 e. The van der Waals surface area contributed by atoms with Gasteiger partial charge in [0.15, 0.2) is 0 Å². The van der Waals surface area contributed by atoms with E-state index in [1.807, 2.05) is 30.5 Å². The minimum absolute atomic E-state index is 0.0220. The molecule has 32 heavy (non-hydrogen) atoms. The van der Waals surface area contributed by atoms with Crippen LogP contribution in [0.1, 0.15) is 0 Å². The lowest BCUT2D eigenvalue weighted by Crippen LogP contribution is -2.46. The summed E-state index contributed by atoms with van der Waals surface area (Å²) in [6, 6.07) is 17.6. The number of piperazine rings is 1. The highest BCUT2D eigenvalue weighted by atomic mass is 32.2. The van der Waals surface area contributed by atoms with Crippen molar-refractivity contribution >= 4 is 32.6 Å². The van der Waals surface area contributed by atoms with Crippen LogP contribution in [-0.2, 0) is 10.0 Å². The largest absolute Gasteiger partial charge is 0.368 e. The molecule has 2 aromatic carbocycles. The number of fused-ring (bicyclic) bond motifs is 1. The molecular formula is C23H22N6O2S. The van der Waals surface area contributed by atoms with Crippen LogP contribution < -0.4 is 14.9 Å². The Morgan fingerprint density at radius 3 is 2.28 bits per heavy atom. The molecule has 5 rings (SSSR count). The first kappa shape index (κ1) is 20.3. The quantitative estimate of drug-likeness (QED) is 0.514. The summed E-state index contributed by atoms with van der Waals surface area (Å²) >= 11 is 0. The van der Waals surface area contributed by atoms with Gasteiger partial charge in [-0.25, -0.2) is 18.5 Å². The third kappa shape index (κ3) is 4.12. The van der Waals surface area contributed by atoms with Gasteiger partial charge in [0.1, 0.15) is 10.7 Å². The van der Waals surface area contributed by atoms with Gasteiger partial charge in [0.2, 0.25) is 10.0 Å². The first-order chi connectivity index (χ1) is 15.5. The Hall–Kier alpha value is -3.56. The molecule has 0 radical (unpaired) electrons. The number of pyridine rings is 1. The van der Waals surface area contributed by atoms with Crippen LogP contribution in [0.25, 0.3) is 22.2 Å². The number of rotatable bonds is 4. The molecule has 1 saturated heterocycles. The van der Waals surface area contributed by atoms with Crippen molar-refractivity contribution in [1.29, 1.82) is 0 Å². The second-order valence-electron chi connectivity index (χ2n) is 7.70. The molecule has 3 heterocycles. The summed E-state index contributed by atoms with van der Waals surface area (Å²) in [7, 11) is -3.82. The second kappa shape index (κ2) is 8.18. The fraction of sp³-hybridized carbons (Fsp3) is 0.174. The molecule has 1 fully saturated rings. The van der Waals surface area contributed by atoms with E-state index in [2.05, 4.69) is 44.0 Å². The minimum atomic E-state index is -3.82. The third-order valence-corrected chi connectivity index (χ3v) is 6.51. The molecule has 0 spiro atoms. The van der Waals surface area contributed by atoms with Gasteiger partial charge >= 0.3 is 0 Å². The Morgan fingerprint density at radius 2 is 1.53 bits per heavy atom. The molecule has 0 amide bonds. The topological polar surface area (TPSA) is 105 Å². The molecule has 162 valence electrons. The molecule has 2 N–H and O–H groups in total. The number of anilines is 2. The number of nitrogens with zero attached hydrogens (tertiary/aromatic N) is 5. The maximum Gasteiger partial charge on any atom is 0.239 e. The van der Waals surface area contributed by atoms with E-state index in [-0.39, 0.29) is 4.90 Å². The van der Waals surface area contributed by atoms with Crippen molar-refractivity contribution in [3.8, 4) is 11.1 Å². The van der Waals surface area contributed by atoms with E-state index in [4.69, 9.17) is 10.1 Å². The van der Waals surface area contributed by atoms with Crippen molar-refractivity contribution < 1.29 is 8.42 Å². The van der Waals surface area contributed by atoms with E-state index < -0.39 is 10.0 Å². The van der Waals surface area contributed by atoms with Crippen LogP contribution in [0, 0.1) is 0 Å². The standard InChI is InChI=1S/C23H22N6O2S/c24-32(30,31)20-12-18(14-25-15-20)17-6-7-21-22(13-17)27-23(16-26-21)29-10-8-28(9-11-29)19-4-2-1-3-5-19/h1-7,12-16H,8-11H2,(H2,24,30,31). The zero-order valence-corrected chi connectivity index (χ0v) is 18.1. The number of para-hydroxylation sites is 1. The van der Waals surface area contributed by atoms with Crippen LogP contribution in [0.5, 0.6) is 0 Å². The van der Waals surface area contributed by atoms with Gasteiger partial charge in [-0.3, -0.25) is 9.97 Å². The van der Waals surface area contributed by atoms with Crippen molar-refractivity contribution in [1.82, 2.24) is 15.0 Å². The van der Waals surface area contributed by atoms with Gasteiger partial charge in [-0.2, -0.15) is 0 Å². The van der Waals surface area contributed by atoms with Crippen LogP contribution in [0.3, 0.4) is 0 Å². The number of nitrogens with two attached hydrogens (primary N) is 1. The van der Waals surface area contributed by atoms with Crippen LogP contribution in [0.4, 0.5) is 11.5 Å². The lowest BCUT2D eigenvalue weighted by Gasteiger charge is -2.36. The number of hydrogen-bond acceptors (Lipinski definition) is 7. The van der Waals surface area contributed by atoms with Crippen LogP contribution >= 0.6 is 0 Å². The predicted octanol–water partition coefficient (Wildman–Crippen LogP) is 2.67. The maximum atomic E-state index is 11.7. The molecule has 2 aromatic heterocycles. The van der Waals surface area contributed by atoms with E-state index in [9.17, 15) is 8.42 Å². The lowest BCUT2D eigenvalue weighted by atomic mass is 10.1. The summed E-state index contributed by atoms with van der Waals surface area (Å²) in [5.74, 6) is 0.832. The summed E-state index contributed by atoms with van der Waals surface area (Å²) in [5.41, 5.74) is 4.21. The van der Waals surface area contributed by atoms with Crippen LogP contribution in [-0.4, -0.2) is 49.5 Å². The number of benzene rings is 2. The number of sulfonamides is 1. The predicted molar refractivity (Wildman–Crippen MR) is 125 cm³/mol. The van der Waals surface area contributed by atoms with Crippen LogP contribution in [0.2, 0.25) is 0 Å². The molecule has 1 aliphatic rings. The van der Waals surface area contributed by atoms with Gasteiger partial charge in [-0.15, -0.1) is 0 Å². The molecule has 0 saturated carbocycles. The van der Waals surface area contributed by atoms with E-state index in [0.29, 0.717) is 5.56 Å². The summed E-state index contributed by atoms with van der Waals surface area (Å²) in [4.78, 5) is 18.0. The highest BCUT2D eigenvalue weighted by Gasteiger charge is 2.19. The van der Waals surface area contributed by atoms with Gasteiger partial charge in [0.25, 0.3) is 0 Å². The van der Waals surface area contributed by atoms with E-state index in [1.165, 1.54) is 18.0 Å². The average Bonchev–Trinajstić information content (AvgIpc) is 2.83. The number of aromatic nitrogens is 3. The molecule has 9 heteroatoms. The van der Waals surface area contributed by atoms with Crippen molar-refractivity contribution in [3.05, 3.63) is 73.2 Å². The summed E-state index contributed by atoms with van der Waals surface area (Å²) in [6.07, 6.45) is 4.66. The van der Waals surface area contributed by atoms with Crippen LogP contribution in [0.15, 0.2) is 78.1 Å². The Bertz CT molecular complexity index is 1370. The summed E-state index contributed by atoms with van der Waals surface area (Å²) < 4.78 is 23.3. The fourth-order valence-electron chi connectivity index (χ4n) is 3.90. The first-order valence-corrected chi connectivity index (χ1v) is 11.8. The monoisotopic (exact) mass is 446 g/mol. The highest BCUT2D eigenvalue weighted by Crippen LogP contribution is 2.26. The Morgan fingerprint density at radius 1 is 0.781 bits per heavy atom. The summed E-state index contributed by atoms with van der Waals surface area (Å²) in [5, 5.41) is 5.24. The number of hydrogen-bond donors (Lipinski definition) is 1. The Labute approximate surface area is 186 Å². The fourth-order valence-corrected chi connectivity index (χ4v) is 4.40. The molecule has 0 unspecified atom stereocenters.